The van der Waals surface area contributed by atoms with Crippen LogP contribution in [0.1, 0.15) is 0 Å². The summed E-state index contributed by atoms with van der Waals surface area (Å²) in [5.74, 6) is 0.210. The van der Waals surface area contributed by atoms with Gasteiger partial charge in [-0.2, -0.15) is 0 Å². The first kappa shape index (κ1) is 14.2. The van der Waals surface area contributed by atoms with E-state index in [1.54, 1.807) is 30.3 Å². The molecule has 0 aliphatic heterocycles. The number of phenols is 1. The van der Waals surface area contributed by atoms with Gasteiger partial charge in [0.15, 0.2) is 5.13 Å². The molecule has 106 valence electrons. The Morgan fingerprint density at radius 2 is 1.90 bits per heavy atom. The third kappa shape index (κ3) is 3.29. The number of nitrogens with zero attached hydrogens (tertiary/aromatic N) is 1. The van der Waals surface area contributed by atoms with Gasteiger partial charge in [-0.15, -0.1) is 11.3 Å². The number of anilines is 2. The van der Waals surface area contributed by atoms with Crippen LogP contribution < -0.4 is 5.32 Å². The van der Waals surface area contributed by atoms with E-state index in [9.17, 15) is 5.11 Å². The van der Waals surface area contributed by atoms with Crippen molar-refractivity contribution in [3.63, 3.8) is 0 Å². The van der Waals surface area contributed by atoms with E-state index in [4.69, 9.17) is 23.2 Å². The van der Waals surface area contributed by atoms with Crippen molar-refractivity contribution in [1.29, 1.82) is 0 Å². The Balaban J connectivity index is 1.84. The van der Waals surface area contributed by atoms with E-state index in [1.165, 1.54) is 11.3 Å². The molecule has 0 bridgehead atoms. The van der Waals surface area contributed by atoms with E-state index in [1.807, 2.05) is 17.5 Å². The SMILES string of the molecule is Oc1cccc(Nc2nc(-c3ccc(Cl)c(Cl)c3)cs2)c1. The topological polar surface area (TPSA) is 45.1 Å². The molecule has 1 heterocycles. The number of benzene rings is 2. The highest BCUT2D eigenvalue weighted by Crippen LogP contribution is 2.31. The Hall–Kier alpha value is -1.75. The lowest BCUT2D eigenvalue weighted by Crippen LogP contribution is -1.89. The molecule has 1 aromatic heterocycles. The average molecular weight is 337 g/mol. The van der Waals surface area contributed by atoms with Crippen LogP contribution in [0.5, 0.6) is 5.75 Å². The Bertz CT molecular complexity index is 789. The number of rotatable bonds is 3. The number of thiazole rings is 1. The number of aromatic nitrogens is 1. The molecule has 21 heavy (non-hydrogen) atoms. The summed E-state index contributed by atoms with van der Waals surface area (Å²) in [4.78, 5) is 4.50. The van der Waals surface area contributed by atoms with Gasteiger partial charge >= 0.3 is 0 Å². The average Bonchev–Trinajstić information content (AvgIpc) is 2.90. The number of phenolic OH excluding ortho intramolecular Hbond substituents is 1. The Morgan fingerprint density at radius 1 is 1.05 bits per heavy atom. The Morgan fingerprint density at radius 3 is 2.67 bits per heavy atom. The molecule has 0 aliphatic carbocycles. The molecule has 3 rings (SSSR count). The molecule has 6 heteroatoms. The van der Waals surface area contributed by atoms with E-state index in [0.29, 0.717) is 10.0 Å². The molecule has 0 atom stereocenters. The molecule has 0 unspecified atom stereocenters. The maximum absolute atomic E-state index is 9.45. The molecule has 0 radical (unpaired) electrons. The maximum Gasteiger partial charge on any atom is 0.187 e. The van der Waals surface area contributed by atoms with Crippen molar-refractivity contribution in [3.8, 4) is 17.0 Å². The number of hydrogen-bond acceptors (Lipinski definition) is 4. The lowest BCUT2D eigenvalue weighted by molar-refractivity contribution is 0.475. The van der Waals surface area contributed by atoms with Crippen LogP contribution in [0.15, 0.2) is 47.8 Å². The zero-order chi connectivity index (χ0) is 14.8. The van der Waals surface area contributed by atoms with Crippen molar-refractivity contribution in [2.24, 2.45) is 0 Å². The monoisotopic (exact) mass is 336 g/mol. The Kier molecular flexibility index (Phi) is 4.01. The molecule has 3 aromatic rings. The molecule has 0 spiro atoms. The van der Waals surface area contributed by atoms with E-state index >= 15 is 0 Å². The van der Waals surface area contributed by atoms with Crippen LogP contribution in [-0.4, -0.2) is 10.1 Å². The largest absolute Gasteiger partial charge is 0.508 e. The number of aromatic hydroxyl groups is 1. The minimum Gasteiger partial charge on any atom is -0.508 e. The molecule has 0 fully saturated rings. The van der Waals surface area contributed by atoms with E-state index < -0.39 is 0 Å². The molecule has 0 amide bonds. The van der Waals surface area contributed by atoms with Gasteiger partial charge in [-0.3, -0.25) is 0 Å². The third-order valence-corrected chi connectivity index (χ3v) is 4.31. The van der Waals surface area contributed by atoms with Gasteiger partial charge in [-0.25, -0.2) is 4.98 Å². The number of hydrogen-bond donors (Lipinski definition) is 2. The second-order valence-corrected chi connectivity index (χ2v) is 6.01. The van der Waals surface area contributed by atoms with Gasteiger partial charge in [0.05, 0.1) is 15.7 Å². The fraction of sp³-hybridized carbons (Fsp3) is 0. The van der Waals surface area contributed by atoms with Crippen molar-refractivity contribution in [2.45, 2.75) is 0 Å². The summed E-state index contributed by atoms with van der Waals surface area (Å²) in [6, 6.07) is 12.3. The molecule has 0 saturated heterocycles. The highest BCUT2D eigenvalue weighted by Gasteiger charge is 2.07. The van der Waals surface area contributed by atoms with Gasteiger partial charge in [0.2, 0.25) is 0 Å². The highest BCUT2D eigenvalue weighted by atomic mass is 35.5. The van der Waals surface area contributed by atoms with Crippen molar-refractivity contribution < 1.29 is 5.11 Å². The van der Waals surface area contributed by atoms with Crippen molar-refractivity contribution in [1.82, 2.24) is 4.98 Å². The zero-order valence-corrected chi connectivity index (χ0v) is 13.0. The summed E-state index contributed by atoms with van der Waals surface area (Å²) < 4.78 is 0. The van der Waals surface area contributed by atoms with Crippen molar-refractivity contribution >= 4 is 45.4 Å². The lowest BCUT2D eigenvalue weighted by atomic mass is 10.2. The van der Waals surface area contributed by atoms with Crippen molar-refractivity contribution in [2.75, 3.05) is 5.32 Å². The molecule has 0 aliphatic rings. The zero-order valence-electron chi connectivity index (χ0n) is 10.7. The first-order valence-corrected chi connectivity index (χ1v) is 7.72. The van der Waals surface area contributed by atoms with Crippen LogP contribution in [0.4, 0.5) is 10.8 Å². The summed E-state index contributed by atoms with van der Waals surface area (Å²) in [5, 5.41) is 16.3. The molecule has 0 saturated carbocycles. The molecular formula is C15H10Cl2N2OS. The lowest BCUT2D eigenvalue weighted by Gasteiger charge is -2.02. The second-order valence-electron chi connectivity index (χ2n) is 4.34. The van der Waals surface area contributed by atoms with Gasteiger partial charge in [-0.05, 0) is 24.3 Å². The molecule has 2 aromatic carbocycles. The highest BCUT2D eigenvalue weighted by molar-refractivity contribution is 7.14. The van der Waals surface area contributed by atoms with Gasteiger partial charge in [0.25, 0.3) is 0 Å². The van der Waals surface area contributed by atoms with Gasteiger partial charge in [-0.1, -0.05) is 35.3 Å². The van der Waals surface area contributed by atoms with Crippen LogP contribution in [0.25, 0.3) is 11.3 Å². The first-order valence-electron chi connectivity index (χ1n) is 6.09. The fourth-order valence-electron chi connectivity index (χ4n) is 1.83. The maximum atomic E-state index is 9.45. The minimum atomic E-state index is 0.210. The van der Waals surface area contributed by atoms with E-state index in [0.717, 1.165) is 22.1 Å². The van der Waals surface area contributed by atoms with Crippen molar-refractivity contribution in [3.05, 3.63) is 57.9 Å². The van der Waals surface area contributed by atoms with Crippen LogP contribution in [0, 0.1) is 0 Å². The Labute approximate surface area is 135 Å². The van der Waals surface area contributed by atoms with Crippen LogP contribution in [0.2, 0.25) is 10.0 Å². The molecule has 2 N–H and O–H groups in total. The summed E-state index contributed by atoms with van der Waals surface area (Å²) in [6.07, 6.45) is 0. The normalized spacial score (nSPS) is 10.6. The minimum absolute atomic E-state index is 0.210. The summed E-state index contributed by atoms with van der Waals surface area (Å²) in [5.41, 5.74) is 2.51. The summed E-state index contributed by atoms with van der Waals surface area (Å²) in [6.45, 7) is 0. The van der Waals surface area contributed by atoms with Crippen LogP contribution >= 0.6 is 34.5 Å². The standard InChI is InChI=1S/C15H10Cl2N2OS/c16-12-5-4-9(6-13(12)17)14-8-21-15(19-14)18-10-2-1-3-11(20)7-10/h1-8,20H,(H,18,19). The van der Waals surface area contributed by atoms with Gasteiger partial charge in [0.1, 0.15) is 5.75 Å². The molecular weight excluding hydrogens is 327 g/mol. The van der Waals surface area contributed by atoms with Crippen LogP contribution in [0.3, 0.4) is 0 Å². The summed E-state index contributed by atoms with van der Waals surface area (Å²) in [7, 11) is 0. The van der Waals surface area contributed by atoms with Gasteiger partial charge in [0, 0.05) is 22.7 Å². The van der Waals surface area contributed by atoms with Gasteiger partial charge < -0.3 is 10.4 Å². The summed E-state index contributed by atoms with van der Waals surface area (Å²) >= 11 is 13.4. The predicted octanol–water partition coefficient (Wildman–Crippen LogP) is 5.57. The quantitative estimate of drug-likeness (QED) is 0.657. The molecule has 3 nitrogen and oxygen atoms in total. The first-order chi connectivity index (χ1) is 10.1. The third-order valence-electron chi connectivity index (χ3n) is 2.82. The second kappa shape index (κ2) is 5.93. The van der Waals surface area contributed by atoms with Crippen LogP contribution in [-0.2, 0) is 0 Å². The van der Waals surface area contributed by atoms with E-state index in [2.05, 4.69) is 10.3 Å². The fourth-order valence-corrected chi connectivity index (χ4v) is 2.86. The number of halogens is 2. The predicted molar refractivity (Wildman–Crippen MR) is 89.0 cm³/mol. The number of nitrogens with one attached hydrogen (secondary N) is 1. The van der Waals surface area contributed by atoms with E-state index in [-0.39, 0.29) is 5.75 Å². The smallest absolute Gasteiger partial charge is 0.187 e.